The van der Waals surface area contributed by atoms with E-state index in [9.17, 15) is 14.9 Å². The zero-order valence-electron chi connectivity index (χ0n) is 5.93. The number of carboxylic acid groups (broad SMARTS) is 1. The fourth-order valence-electron chi connectivity index (χ4n) is 0.981. The monoisotopic (exact) mass is 160 g/mol. The first-order chi connectivity index (χ1) is 5.04. The SMILES string of the molecule is CN([C@H]1C[C@H]1C(=O)O)[N+](=O)[O-]. The van der Waals surface area contributed by atoms with Crippen molar-refractivity contribution in [1.82, 2.24) is 5.01 Å². The van der Waals surface area contributed by atoms with Crippen LogP contribution >= 0.6 is 0 Å². The van der Waals surface area contributed by atoms with Gasteiger partial charge in [0.1, 0.15) is 6.04 Å². The highest BCUT2D eigenvalue weighted by atomic mass is 16.7. The Morgan fingerprint density at radius 3 is 2.64 bits per heavy atom. The summed E-state index contributed by atoms with van der Waals surface area (Å²) in [5.41, 5.74) is 0. The molecule has 1 aliphatic carbocycles. The van der Waals surface area contributed by atoms with Gasteiger partial charge in [-0.1, -0.05) is 0 Å². The second-order valence-electron chi connectivity index (χ2n) is 2.56. The number of carboxylic acids is 1. The molecule has 0 radical (unpaired) electrons. The second kappa shape index (κ2) is 2.37. The van der Waals surface area contributed by atoms with Crippen LogP contribution in [0.2, 0.25) is 0 Å². The van der Waals surface area contributed by atoms with Crippen LogP contribution in [0.25, 0.3) is 0 Å². The molecule has 6 nitrogen and oxygen atoms in total. The Balaban J connectivity index is 2.43. The summed E-state index contributed by atoms with van der Waals surface area (Å²) in [5.74, 6) is -1.51. The van der Waals surface area contributed by atoms with Crippen LogP contribution in [0.5, 0.6) is 0 Å². The van der Waals surface area contributed by atoms with E-state index in [2.05, 4.69) is 0 Å². The average Bonchev–Trinajstić information content (AvgIpc) is 2.63. The van der Waals surface area contributed by atoms with Crippen molar-refractivity contribution >= 4 is 5.97 Å². The van der Waals surface area contributed by atoms with Crippen molar-refractivity contribution in [1.29, 1.82) is 0 Å². The summed E-state index contributed by atoms with van der Waals surface area (Å²) in [6.45, 7) is 0. The van der Waals surface area contributed by atoms with Crippen LogP contribution in [0.1, 0.15) is 6.42 Å². The minimum Gasteiger partial charge on any atom is -0.481 e. The summed E-state index contributed by atoms with van der Waals surface area (Å²) in [7, 11) is 1.29. The van der Waals surface area contributed by atoms with Gasteiger partial charge >= 0.3 is 5.97 Å². The lowest BCUT2D eigenvalue weighted by Gasteiger charge is -2.05. The highest BCUT2D eigenvalue weighted by Gasteiger charge is 2.50. The number of hydrogen-bond donors (Lipinski definition) is 1. The zero-order valence-corrected chi connectivity index (χ0v) is 5.93. The maximum Gasteiger partial charge on any atom is 0.308 e. The van der Waals surface area contributed by atoms with E-state index in [1.807, 2.05) is 0 Å². The summed E-state index contributed by atoms with van der Waals surface area (Å²) >= 11 is 0. The van der Waals surface area contributed by atoms with Gasteiger partial charge in [-0.15, -0.1) is 5.01 Å². The molecule has 0 aromatic carbocycles. The van der Waals surface area contributed by atoms with E-state index in [4.69, 9.17) is 5.11 Å². The molecular formula is C5H8N2O4. The molecular weight excluding hydrogens is 152 g/mol. The van der Waals surface area contributed by atoms with Crippen molar-refractivity contribution in [3.63, 3.8) is 0 Å². The molecule has 0 unspecified atom stereocenters. The minimum atomic E-state index is -0.955. The Hall–Kier alpha value is -1.33. The molecule has 1 rings (SSSR count). The average molecular weight is 160 g/mol. The number of nitrogens with zero attached hydrogens (tertiary/aromatic N) is 2. The zero-order chi connectivity index (χ0) is 8.59. The van der Waals surface area contributed by atoms with Crippen molar-refractivity contribution in [2.75, 3.05) is 7.05 Å². The normalized spacial score (nSPS) is 27.7. The Morgan fingerprint density at radius 1 is 1.82 bits per heavy atom. The van der Waals surface area contributed by atoms with Crippen LogP contribution in [0.15, 0.2) is 0 Å². The molecule has 0 amide bonds. The van der Waals surface area contributed by atoms with Gasteiger partial charge in [-0.05, 0) is 6.42 Å². The quantitative estimate of drug-likeness (QED) is 0.448. The fourth-order valence-corrected chi connectivity index (χ4v) is 0.981. The van der Waals surface area contributed by atoms with E-state index in [1.54, 1.807) is 0 Å². The Labute approximate surface area is 62.5 Å². The molecule has 0 aliphatic heterocycles. The van der Waals surface area contributed by atoms with E-state index < -0.39 is 23.0 Å². The van der Waals surface area contributed by atoms with Crippen LogP contribution in [-0.2, 0) is 4.79 Å². The summed E-state index contributed by atoms with van der Waals surface area (Å²) < 4.78 is 0. The third-order valence-electron chi connectivity index (χ3n) is 1.81. The topological polar surface area (TPSA) is 83.7 Å². The van der Waals surface area contributed by atoms with Gasteiger partial charge in [0.05, 0.1) is 13.0 Å². The molecule has 6 heteroatoms. The fraction of sp³-hybridized carbons (Fsp3) is 0.800. The third kappa shape index (κ3) is 1.39. The maximum atomic E-state index is 10.2. The van der Waals surface area contributed by atoms with Gasteiger partial charge in [-0.2, -0.15) is 0 Å². The Morgan fingerprint density at radius 2 is 2.36 bits per heavy atom. The van der Waals surface area contributed by atoms with Gasteiger partial charge in [0.15, 0.2) is 5.03 Å². The van der Waals surface area contributed by atoms with Gasteiger partial charge in [0.25, 0.3) is 0 Å². The lowest BCUT2D eigenvalue weighted by molar-refractivity contribution is -0.652. The van der Waals surface area contributed by atoms with Crippen molar-refractivity contribution in [3.05, 3.63) is 10.1 Å². The first-order valence-electron chi connectivity index (χ1n) is 3.14. The lowest BCUT2D eigenvalue weighted by Crippen LogP contribution is -2.29. The van der Waals surface area contributed by atoms with Crippen molar-refractivity contribution in [3.8, 4) is 0 Å². The van der Waals surface area contributed by atoms with Crippen LogP contribution in [-0.4, -0.2) is 34.2 Å². The first-order valence-corrected chi connectivity index (χ1v) is 3.14. The van der Waals surface area contributed by atoms with Gasteiger partial charge < -0.3 is 5.11 Å². The van der Waals surface area contributed by atoms with E-state index in [0.717, 1.165) is 5.01 Å². The third-order valence-corrected chi connectivity index (χ3v) is 1.81. The summed E-state index contributed by atoms with van der Waals surface area (Å²) in [4.78, 5) is 20.3. The number of aliphatic carboxylic acids is 1. The van der Waals surface area contributed by atoms with Crippen LogP contribution in [0.4, 0.5) is 0 Å². The first kappa shape index (κ1) is 7.77. The number of nitro groups is 1. The maximum absolute atomic E-state index is 10.2. The molecule has 11 heavy (non-hydrogen) atoms. The van der Waals surface area contributed by atoms with E-state index in [-0.39, 0.29) is 0 Å². The second-order valence-corrected chi connectivity index (χ2v) is 2.56. The van der Waals surface area contributed by atoms with E-state index >= 15 is 0 Å². The molecule has 1 saturated carbocycles. The van der Waals surface area contributed by atoms with Gasteiger partial charge in [0, 0.05) is 0 Å². The van der Waals surface area contributed by atoms with Gasteiger partial charge in [-0.25, -0.2) is 10.1 Å². The largest absolute Gasteiger partial charge is 0.481 e. The Bertz CT molecular complexity index is 205. The van der Waals surface area contributed by atoms with Crippen molar-refractivity contribution < 1.29 is 14.9 Å². The molecule has 0 spiro atoms. The lowest BCUT2D eigenvalue weighted by atomic mass is 10.4. The molecule has 0 bridgehead atoms. The number of carbonyl (C=O) groups is 1. The smallest absolute Gasteiger partial charge is 0.308 e. The van der Waals surface area contributed by atoms with E-state index in [0.29, 0.717) is 6.42 Å². The summed E-state index contributed by atoms with van der Waals surface area (Å²) in [5, 5.41) is 18.7. The number of rotatable bonds is 3. The van der Waals surface area contributed by atoms with Crippen LogP contribution in [0.3, 0.4) is 0 Å². The minimum absolute atomic E-state index is 0.382. The molecule has 0 aromatic rings. The standard InChI is InChI=1S/C5H8N2O4/c1-6(7(10)11)4-2-3(4)5(8)9/h3-4H,2H2,1H3,(H,8,9)/t3-,4+/m1/s1. The molecule has 0 saturated heterocycles. The van der Waals surface area contributed by atoms with Gasteiger partial charge in [0.2, 0.25) is 0 Å². The van der Waals surface area contributed by atoms with Gasteiger partial charge in [-0.3, -0.25) is 4.79 Å². The summed E-state index contributed by atoms with van der Waals surface area (Å²) in [6.07, 6.45) is 0.382. The van der Waals surface area contributed by atoms with Crippen molar-refractivity contribution in [2.24, 2.45) is 5.92 Å². The van der Waals surface area contributed by atoms with Crippen LogP contribution < -0.4 is 0 Å². The number of hydrogen-bond acceptors (Lipinski definition) is 3. The number of hydrazine groups is 1. The highest BCUT2D eigenvalue weighted by molar-refractivity contribution is 5.74. The van der Waals surface area contributed by atoms with Crippen LogP contribution in [0, 0.1) is 16.0 Å². The molecule has 0 heterocycles. The van der Waals surface area contributed by atoms with E-state index in [1.165, 1.54) is 7.05 Å². The molecule has 1 fully saturated rings. The molecule has 1 N–H and O–H groups in total. The highest BCUT2D eigenvalue weighted by Crippen LogP contribution is 2.34. The predicted octanol–water partition coefficient (Wildman–Crippen LogP) is -0.417. The van der Waals surface area contributed by atoms with Crippen molar-refractivity contribution in [2.45, 2.75) is 12.5 Å². The summed E-state index contributed by atoms with van der Waals surface area (Å²) in [6, 6.07) is -0.414. The Kier molecular flexibility index (Phi) is 1.67. The molecule has 0 aromatic heterocycles. The molecule has 62 valence electrons. The predicted molar refractivity (Wildman–Crippen MR) is 34.3 cm³/mol. The molecule has 1 aliphatic rings. The molecule has 2 atom stereocenters.